The molecule has 0 saturated carbocycles. The molecule has 0 spiro atoms. The molecule has 0 unspecified atom stereocenters. The molecular formula is C21H22N4O3. The van der Waals surface area contributed by atoms with Crippen LogP contribution in [0.15, 0.2) is 42.7 Å². The summed E-state index contributed by atoms with van der Waals surface area (Å²) in [5.41, 5.74) is 3.34. The number of carbonyl (C=O) groups excluding carboxylic acids is 2. The zero-order valence-electron chi connectivity index (χ0n) is 15.6. The summed E-state index contributed by atoms with van der Waals surface area (Å²) in [6.07, 6.45) is 5.42. The van der Waals surface area contributed by atoms with E-state index in [2.05, 4.69) is 20.5 Å². The van der Waals surface area contributed by atoms with Gasteiger partial charge in [0.05, 0.1) is 12.6 Å². The highest BCUT2D eigenvalue weighted by molar-refractivity contribution is 6.02. The minimum atomic E-state index is -0.262. The molecular weight excluding hydrogens is 356 g/mol. The number of nitrogens with zero attached hydrogens (tertiary/aromatic N) is 2. The van der Waals surface area contributed by atoms with E-state index in [-0.39, 0.29) is 23.7 Å². The lowest BCUT2D eigenvalue weighted by molar-refractivity contribution is -0.143. The number of ether oxygens (including phenoxy) is 1. The number of piperidine rings is 1. The number of aromatic amines is 1. The fourth-order valence-electron chi connectivity index (χ4n) is 3.73. The topological polar surface area (TPSA) is 97.0 Å². The Morgan fingerprint density at radius 1 is 1.18 bits per heavy atom. The number of pyridine rings is 1. The lowest BCUT2D eigenvalue weighted by Gasteiger charge is -2.27. The molecule has 1 saturated heterocycles. The van der Waals surface area contributed by atoms with Crippen LogP contribution in [-0.2, 0) is 9.53 Å². The first-order valence-corrected chi connectivity index (χ1v) is 9.38. The van der Waals surface area contributed by atoms with Crippen molar-refractivity contribution < 1.29 is 14.3 Å². The molecule has 7 nitrogen and oxygen atoms in total. The van der Waals surface area contributed by atoms with Gasteiger partial charge < -0.3 is 10.1 Å². The number of methoxy groups -OCH3 is 1. The predicted octanol–water partition coefficient (Wildman–Crippen LogP) is 2.74. The van der Waals surface area contributed by atoms with Crippen LogP contribution in [0.4, 0.5) is 0 Å². The molecule has 28 heavy (non-hydrogen) atoms. The molecule has 2 N–H and O–H groups in total. The van der Waals surface area contributed by atoms with Gasteiger partial charge in [-0.25, -0.2) is 0 Å². The van der Waals surface area contributed by atoms with Gasteiger partial charge in [-0.15, -0.1) is 0 Å². The van der Waals surface area contributed by atoms with Crippen molar-refractivity contribution in [3.8, 4) is 11.3 Å². The van der Waals surface area contributed by atoms with Gasteiger partial charge in [0.2, 0.25) is 0 Å². The third kappa shape index (κ3) is 3.66. The van der Waals surface area contributed by atoms with E-state index in [0.717, 1.165) is 28.6 Å². The standard InChI is InChI=1S/C21H22N4O3/c1-28-21(27)18-4-2-13(12-23-18)10-19(26)15-3-5-17-16(11-15)20(25-24-17)14-6-8-22-9-7-14/h3,5-9,11,13,18,23H,2,4,10,12H2,1H3,(H,24,25)/t13-,18-/m0/s1. The first kappa shape index (κ1) is 18.3. The summed E-state index contributed by atoms with van der Waals surface area (Å²) in [4.78, 5) is 28.5. The molecule has 0 amide bonds. The van der Waals surface area contributed by atoms with Crippen molar-refractivity contribution in [2.75, 3.05) is 13.7 Å². The van der Waals surface area contributed by atoms with Gasteiger partial charge in [-0.3, -0.25) is 19.7 Å². The van der Waals surface area contributed by atoms with E-state index >= 15 is 0 Å². The van der Waals surface area contributed by atoms with Crippen molar-refractivity contribution >= 4 is 22.7 Å². The first-order chi connectivity index (χ1) is 13.7. The molecule has 0 aliphatic carbocycles. The summed E-state index contributed by atoms with van der Waals surface area (Å²) >= 11 is 0. The van der Waals surface area contributed by atoms with Crippen LogP contribution in [0, 0.1) is 5.92 Å². The molecule has 144 valence electrons. The van der Waals surface area contributed by atoms with E-state index in [1.165, 1.54) is 7.11 Å². The Labute approximate surface area is 162 Å². The Morgan fingerprint density at radius 3 is 2.71 bits per heavy atom. The quantitative estimate of drug-likeness (QED) is 0.523. The number of carbonyl (C=O) groups is 2. The Kier molecular flexibility index (Phi) is 5.16. The van der Waals surface area contributed by atoms with Gasteiger partial charge in [0.1, 0.15) is 11.7 Å². The van der Waals surface area contributed by atoms with E-state index in [9.17, 15) is 9.59 Å². The number of H-pyrrole nitrogens is 1. The Morgan fingerprint density at radius 2 is 2.00 bits per heavy atom. The molecule has 2 atom stereocenters. The van der Waals surface area contributed by atoms with Crippen molar-refractivity contribution in [1.82, 2.24) is 20.5 Å². The highest BCUT2D eigenvalue weighted by Gasteiger charge is 2.27. The number of ketones is 1. The minimum absolute atomic E-state index is 0.104. The molecule has 0 bridgehead atoms. The number of hydrogen-bond acceptors (Lipinski definition) is 6. The number of benzene rings is 1. The predicted molar refractivity (Wildman–Crippen MR) is 105 cm³/mol. The molecule has 4 rings (SSSR count). The summed E-state index contributed by atoms with van der Waals surface area (Å²) < 4.78 is 4.78. The molecule has 3 aromatic rings. The maximum absolute atomic E-state index is 12.8. The number of esters is 1. The van der Waals surface area contributed by atoms with E-state index in [1.54, 1.807) is 12.4 Å². The Bertz CT molecular complexity index is 991. The summed E-state index contributed by atoms with van der Waals surface area (Å²) in [5, 5.41) is 11.5. The Balaban J connectivity index is 1.49. The lowest BCUT2D eigenvalue weighted by atomic mass is 9.89. The third-order valence-corrected chi connectivity index (χ3v) is 5.31. The number of aromatic nitrogens is 3. The van der Waals surface area contributed by atoms with Crippen molar-refractivity contribution in [2.45, 2.75) is 25.3 Å². The van der Waals surface area contributed by atoms with E-state index in [1.807, 2.05) is 30.3 Å². The monoisotopic (exact) mass is 378 g/mol. The third-order valence-electron chi connectivity index (χ3n) is 5.31. The fourth-order valence-corrected chi connectivity index (χ4v) is 3.73. The summed E-state index contributed by atoms with van der Waals surface area (Å²) in [6.45, 7) is 0.641. The fraction of sp³-hybridized carbons (Fsp3) is 0.333. The van der Waals surface area contributed by atoms with Gasteiger partial charge in [0.25, 0.3) is 0 Å². The molecule has 7 heteroatoms. The van der Waals surface area contributed by atoms with Gasteiger partial charge in [-0.1, -0.05) is 0 Å². The van der Waals surface area contributed by atoms with Crippen molar-refractivity contribution in [3.63, 3.8) is 0 Å². The number of nitrogens with one attached hydrogen (secondary N) is 2. The number of Topliss-reactive ketones (excluding diaryl/α,β-unsaturated/α-hetero) is 1. The Hall–Kier alpha value is -3.06. The second-order valence-electron chi connectivity index (χ2n) is 7.12. The SMILES string of the molecule is COC(=O)[C@@H]1CC[C@@H](CC(=O)c2ccc3[nH]nc(-c4ccncc4)c3c2)CN1. The molecule has 1 aromatic carbocycles. The van der Waals surface area contributed by atoms with Crippen molar-refractivity contribution in [3.05, 3.63) is 48.3 Å². The van der Waals surface area contributed by atoms with Crippen LogP contribution < -0.4 is 5.32 Å². The van der Waals surface area contributed by atoms with Crippen LogP contribution in [0.2, 0.25) is 0 Å². The summed E-state index contributed by atoms with van der Waals surface area (Å²) in [7, 11) is 1.39. The average molecular weight is 378 g/mol. The van der Waals surface area contributed by atoms with Crippen LogP contribution in [0.25, 0.3) is 22.2 Å². The van der Waals surface area contributed by atoms with E-state index in [0.29, 0.717) is 24.9 Å². The van der Waals surface area contributed by atoms with Crippen molar-refractivity contribution in [1.29, 1.82) is 0 Å². The van der Waals surface area contributed by atoms with Crippen LogP contribution in [0.1, 0.15) is 29.6 Å². The van der Waals surface area contributed by atoms with Gasteiger partial charge >= 0.3 is 5.97 Å². The van der Waals surface area contributed by atoms with Crippen LogP contribution in [-0.4, -0.2) is 46.6 Å². The number of rotatable bonds is 5. The van der Waals surface area contributed by atoms with Crippen LogP contribution >= 0.6 is 0 Å². The smallest absolute Gasteiger partial charge is 0.322 e. The average Bonchev–Trinajstić information content (AvgIpc) is 3.17. The second-order valence-corrected chi connectivity index (χ2v) is 7.12. The molecule has 2 aromatic heterocycles. The zero-order chi connectivity index (χ0) is 19.5. The second kappa shape index (κ2) is 7.90. The van der Waals surface area contributed by atoms with Gasteiger partial charge in [0, 0.05) is 35.3 Å². The molecule has 1 aliphatic heterocycles. The largest absolute Gasteiger partial charge is 0.468 e. The number of fused-ring (bicyclic) bond motifs is 1. The normalized spacial score (nSPS) is 19.5. The minimum Gasteiger partial charge on any atom is -0.468 e. The summed E-state index contributed by atoms with van der Waals surface area (Å²) in [6, 6.07) is 9.18. The molecule has 1 fully saturated rings. The molecule has 1 aliphatic rings. The summed E-state index contributed by atoms with van der Waals surface area (Å²) in [5.74, 6) is 0.0824. The van der Waals surface area contributed by atoms with Gasteiger partial charge in [0.15, 0.2) is 5.78 Å². The van der Waals surface area contributed by atoms with Gasteiger partial charge in [-0.2, -0.15) is 5.10 Å². The highest BCUT2D eigenvalue weighted by atomic mass is 16.5. The van der Waals surface area contributed by atoms with Crippen LogP contribution in [0.5, 0.6) is 0 Å². The molecule has 3 heterocycles. The van der Waals surface area contributed by atoms with Gasteiger partial charge in [-0.05, 0) is 55.6 Å². The lowest BCUT2D eigenvalue weighted by Crippen LogP contribution is -2.44. The zero-order valence-corrected chi connectivity index (χ0v) is 15.6. The highest BCUT2D eigenvalue weighted by Crippen LogP contribution is 2.28. The van der Waals surface area contributed by atoms with E-state index in [4.69, 9.17) is 4.74 Å². The maximum atomic E-state index is 12.8. The van der Waals surface area contributed by atoms with Crippen LogP contribution in [0.3, 0.4) is 0 Å². The maximum Gasteiger partial charge on any atom is 0.322 e. The molecule has 0 radical (unpaired) electrons. The first-order valence-electron chi connectivity index (χ1n) is 9.38. The van der Waals surface area contributed by atoms with Crippen molar-refractivity contribution in [2.24, 2.45) is 5.92 Å². The van der Waals surface area contributed by atoms with E-state index < -0.39 is 0 Å². The number of hydrogen-bond donors (Lipinski definition) is 2.